The zero-order valence-electron chi connectivity index (χ0n) is 15.7. The lowest BCUT2D eigenvalue weighted by Crippen LogP contribution is -2.26. The minimum atomic E-state index is -0.121. The number of anilines is 1. The number of amides is 2. The van der Waals surface area contributed by atoms with Crippen LogP contribution in [0.1, 0.15) is 41.9 Å². The van der Waals surface area contributed by atoms with Gasteiger partial charge in [0, 0.05) is 29.3 Å². The highest BCUT2D eigenvalue weighted by atomic mass is 79.9. The number of imidazole rings is 1. The van der Waals surface area contributed by atoms with Crippen LogP contribution in [0.15, 0.2) is 53.1 Å². The van der Waals surface area contributed by atoms with Crippen molar-refractivity contribution in [3.05, 3.63) is 64.5 Å². The molecule has 0 radical (unpaired) electrons. The highest BCUT2D eigenvalue weighted by Gasteiger charge is 2.15. The molecule has 2 heterocycles. The second-order valence-electron chi connectivity index (χ2n) is 6.60. The first-order valence-electron chi connectivity index (χ1n) is 9.32. The Hall–Kier alpha value is -2.67. The Morgan fingerprint density at radius 1 is 1.07 bits per heavy atom. The van der Waals surface area contributed by atoms with Crippen molar-refractivity contribution in [2.75, 3.05) is 11.9 Å². The maximum atomic E-state index is 12.5. The van der Waals surface area contributed by atoms with Crippen LogP contribution in [0.5, 0.6) is 0 Å². The van der Waals surface area contributed by atoms with Crippen molar-refractivity contribution in [3.8, 4) is 0 Å². The van der Waals surface area contributed by atoms with E-state index >= 15 is 0 Å². The molecule has 0 saturated heterocycles. The van der Waals surface area contributed by atoms with Gasteiger partial charge < -0.3 is 10.6 Å². The van der Waals surface area contributed by atoms with Gasteiger partial charge in [0.15, 0.2) is 0 Å². The van der Waals surface area contributed by atoms with Gasteiger partial charge in [-0.15, -0.1) is 0 Å². The summed E-state index contributed by atoms with van der Waals surface area (Å²) in [6, 6.07) is 13.2. The minimum Gasteiger partial charge on any atom is -0.351 e. The summed E-state index contributed by atoms with van der Waals surface area (Å²) in [6.45, 7) is 2.42. The Kier molecular flexibility index (Phi) is 6.81. The average molecular weight is 443 g/mol. The van der Waals surface area contributed by atoms with E-state index in [1.54, 1.807) is 4.40 Å². The van der Waals surface area contributed by atoms with Gasteiger partial charge in [-0.05, 0) is 56.2 Å². The number of hydrogen-bond donors (Lipinski definition) is 2. The van der Waals surface area contributed by atoms with Crippen LogP contribution in [0.2, 0.25) is 0 Å². The van der Waals surface area contributed by atoms with Crippen molar-refractivity contribution in [1.29, 1.82) is 0 Å². The lowest BCUT2D eigenvalue weighted by atomic mass is 10.2. The fourth-order valence-electron chi connectivity index (χ4n) is 3.02. The van der Waals surface area contributed by atoms with Gasteiger partial charge in [0.2, 0.25) is 5.91 Å². The summed E-state index contributed by atoms with van der Waals surface area (Å²) >= 11 is 3.37. The van der Waals surface area contributed by atoms with E-state index in [9.17, 15) is 9.59 Å². The molecule has 0 unspecified atom stereocenters. The van der Waals surface area contributed by atoms with Gasteiger partial charge in [0.1, 0.15) is 11.3 Å². The van der Waals surface area contributed by atoms with Crippen LogP contribution in [-0.4, -0.2) is 27.7 Å². The number of unbranched alkanes of at least 4 members (excludes halogenated alkanes) is 2. The number of rotatable bonds is 8. The van der Waals surface area contributed by atoms with Crippen molar-refractivity contribution >= 4 is 39.1 Å². The highest BCUT2D eigenvalue weighted by molar-refractivity contribution is 9.10. The molecule has 0 saturated carbocycles. The summed E-state index contributed by atoms with van der Waals surface area (Å²) in [5, 5.41) is 5.83. The number of fused-ring (bicyclic) bond motifs is 1. The first-order valence-corrected chi connectivity index (χ1v) is 10.1. The molecule has 0 aliphatic rings. The fourth-order valence-corrected chi connectivity index (χ4v) is 3.28. The second kappa shape index (κ2) is 9.50. The van der Waals surface area contributed by atoms with E-state index in [0.29, 0.717) is 24.4 Å². The Bertz CT molecular complexity index is 966. The smallest absolute Gasteiger partial charge is 0.270 e. The summed E-state index contributed by atoms with van der Waals surface area (Å²) in [4.78, 5) is 28.8. The molecule has 6 nitrogen and oxygen atoms in total. The van der Waals surface area contributed by atoms with Gasteiger partial charge in [-0.1, -0.05) is 28.4 Å². The molecular weight excluding hydrogens is 420 g/mol. The van der Waals surface area contributed by atoms with Crippen LogP contribution >= 0.6 is 15.9 Å². The van der Waals surface area contributed by atoms with Gasteiger partial charge in [0.25, 0.3) is 5.91 Å². The van der Waals surface area contributed by atoms with E-state index in [2.05, 4.69) is 31.5 Å². The Morgan fingerprint density at radius 3 is 2.64 bits per heavy atom. The van der Waals surface area contributed by atoms with Crippen molar-refractivity contribution in [1.82, 2.24) is 14.7 Å². The molecule has 3 aromatic rings. The number of aryl methyl sites for hydroxylation is 1. The maximum absolute atomic E-state index is 12.5. The molecule has 0 bridgehead atoms. The number of pyridine rings is 1. The first kappa shape index (κ1) is 20.1. The number of carbonyl (C=O) groups is 2. The number of hydrogen-bond acceptors (Lipinski definition) is 3. The summed E-state index contributed by atoms with van der Waals surface area (Å²) in [5.41, 5.74) is 2.85. The molecule has 0 aliphatic carbocycles. The van der Waals surface area contributed by atoms with Crippen molar-refractivity contribution < 1.29 is 9.59 Å². The average Bonchev–Trinajstić information content (AvgIpc) is 3.02. The van der Waals surface area contributed by atoms with E-state index in [0.717, 1.165) is 35.1 Å². The lowest BCUT2D eigenvalue weighted by Gasteiger charge is -2.07. The third kappa shape index (κ3) is 5.19. The minimum absolute atomic E-state index is 0.00714. The first-order chi connectivity index (χ1) is 13.5. The Morgan fingerprint density at radius 2 is 1.86 bits per heavy atom. The van der Waals surface area contributed by atoms with Crippen LogP contribution in [0.3, 0.4) is 0 Å². The van der Waals surface area contributed by atoms with E-state index < -0.39 is 0 Å². The van der Waals surface area contributed by atoms with Crippen molar-refractivity contribution in [3.63, 3.8) is 0 Å². The molecule has 2 aromatic heterocycles. The zero-order chi connectivity index (χ0) is 19.9. The van der Waals surface area contributed by atoms with Crippen LogP contribution in [0, 0.1) is 6.92 Å². The van der Waals surface area contributed by atoms with Gasteiger partial charge in [-0.3, -0.25) is 14.0 Å². The molecular formula is C21H23BrN4O2. The van der Waals surface area contributed by atoms with E-state index in [-0.39, 0.29) is 11.8 Å². The summed E-state index contributed by atoms with van der Waals surface area (Å²) in [6.07, 6.45) is 4.80. The number of nitrogens with zero attached hydrogens (tertiary/aromatic N) is 2. The predicted molar refractivity (Wildman–Crippen MR) is 114 cm³/mol. The van der Waals surface area contributed by atoms with Crippen LogP contribution in [-0.2, 0) is 4.79 Å². The number of nitrogens with one attached hydrogen (secondary N) is 2. The Labute approximate surface area is 172 Å². The van der Waals surface area contributed by atoms with Gasteiger partial charge in [-0.2, -0.15) is 0 Å². The highest BCUT2D eigenvalue weighted by Crippen LogP contribution is 2.15. The predicted octanol–water partition coefficient (Wildman–Crippen LogP) is 4.33. The molecule has 146 valence electrons. The zero-order valence-corrected chi connectivity index (χ0v) is 17.3. The van der Waals surface area contributed by atoms with Gasteiger partial charge in [-0.25, -0.2) is 4.98 Å². The maximum Gasteiger partial charge on any atom is 0.270 e. The summed E-state index contributed by atoms with van der Waals surface area (Å²) < 4.78 is 2.78. The molecule has 2 N–H and O–H groups in total. The normalized spacial score (nSPS) is 10.8. The monoisotopic (exact) mass is 442 g/mol. The number of carbonyl (C=O) groups excluding carboxylic acids is 2. The van der Waals surface area contributed by atoms with Gasteiger partial charge in [0.05, 0.1) is 5.69 Å². The second-order valence-corrected chi connectivity index (χ2v) is 7.51. The van der Waals surface area contributed by atoms with Crippen LogP contribution in [0.25, 0.3) is 5.65 Å². The topological polar surface area (TPSA) is 75.5 Å². The van der Waals surface area contributed by atoms with Gasteiger partial charge >= 0.3 is 0 Å². The molecule has 0 spiro atoms. The number of benzene rings is 1. The Balaban J connectivity index is 1.36. The SMILES string of the molecule is Cc1nc2ccccn2c1C(=O)NCCCCCC(=O)Nc1ccc(Br)cc1. The summed E-state index contributed by atoms with van der Waals surface area (Å²) in [7, 11) is 0. The van der Waals surface area contributed by atoms with Crippen molar-refractivity contribution in [2.45, 2.75) is 32.6 Å². The lowest BCUT2D eigenvalue weighted by molar-refractivity contribution is -0.116. The number of halogens is 1. The largest absolute Gasteiger partial charge is 0.351 e. The third-order valence-electron chi connectivity index (χ3n) is 4.41. The standard InChI is InChI=1S/C21H23BrN4O2/c1-15-20(26-14-6-4-7-18(26)24-15)21(28)23-13-5-2-3-8-19(27)25-17-11-9-16(22)10-12-17/h4,6-7,9-12,14H,2-3,5,8,13H2,1H3,(H,23,28)(H,25,27). The molecule has 3 rings (SSSR count). The van der Waals surface area contributed by atoms with Crippen molar-refractivity contribution in [2.24, 2.45) is 0 Å². The molecule has 28 heavy (non-hydrogen) atoms. The van der Waals surface area contributed by atoms with E-state index in [1.165, 1.54) is 0 Å². The quantitative estimate of drug-likeness (QED) is 0.509. The molecule has 0 fully saturated rings. The van der Waals surface area contributed by atoms with E-state index in [1.807, 2.05) is 55.6 Å². The molecule has 7 heteroatoms. The molecule has 0 atom stereocenters. The van der Waals surface area contributed by atoms with Crippen LogP contribution < -0.4 is 10.6 Å². The number of aromatic nitrogens is 2. The summed E-state index contributed by atoms with van der Waals surface area (Å²) in [5.74, 6) is -0.114. The van der Waals surface area contributed by atoms with E-state index in [4.69, 9.17) is 0 Å². The molecule has 0 aliphatic heterocycles. The molecule has 1 aromatic carbocycles. The molecule has 2 amide bonds. The third-order valence-corrected chi connectivity index (χ3v) is 4.94. The van der Waals surface area contributed by atoms with Crippen LogP contribution in [0.4, 0.5) is 5.69 Å². The fraction of sp³-hybridized carbons (Fsp3) is 0.286.